The maximum Gasteiger partial charge on any atom is 0.214 e. The van der Waals surface area contributed by atoms with E-state index in [0.717, 1.165) is 22.6 Å². The van der Waals surface area contributed by atoms with E-state index < -0.39 is 10.0 Å². The van der Waals surface area contributed by atoms with E-state index in [1.54, 1.807) is 14.2 Å². The minimum absolute atomic E-state index is 0.0641. The molecule has 0 radical (unpaired) electrons. The molecule has 0 aliphatic heterocycles. The third kappa shape index (κ3) is 5.75. The lowest BCUT2D eigenvalue weighted by Crippen LogP contribution is -2.33. The molecular weight excluding hydrogens is 350 g/mol. The Hall–Kier alpha value is -2.05. The van der Waals surface area contributed by atoms with E-state index in [1.165, 1.54) is 4.31 Å². The number of hydrogen-bond acceptors (Lipinski definition) is 4. The zero-order valence-electron chi connectivity index (χ0n) is 15.8. The molecule has 26 heavy (non-hydrogen) atoms. The summed E-state index contributed by atoms with van der Waals surface area (Å²) >= 11 is 0. The van der Waals surface area contributed by atoms with Gasteiger partial charge in [-0.3, -0.25) is 0 Å². The van der Waals surface area contributed by atoms with Crippen molar-refractivity contribution in [1.82, 2.24) is 4.31 Å². The maximum absolute atomic E-state index is 12.9. The fraction of sp³-hybridized carbons (Fsp3) is 0.400. The monoisotopic (exact) mass is 377 g/mol. The summed E-state index contributed by atoms with van der Waals surface area (Å²) in [6.45, 7) is 4.48. The van der Waals surface area contributed by atoms with Gasteiger partial charge in [-0.25, -0.2) is 8.42 Å². The molecule has 0 spiro atoms. The molecule has 0 unspecified atom stereocenters. The Bertz CT molecular complexity index is 734. The Morgan fingerprint density at radius 3 is 1.50 bits per heavy atom. The van der Waals surface area contributed by atoms with Crippen LogP contribution >= 0.6 is 0 Å². The van der Waals surface area contributed by atoms with Crippen molar-refractivity contribution in [2.45, 2.75) is 26.9 Å². The van der Waals surface area contributed by atoms with E-state index in [-0.39, 0.29) is 11.7 Å². The summed E-state index contributed by atoms with van der Waals surface area (Å²) in [7, 11) is -0.160. The van der Waals surface area contributed by atoms with E-state index >= 15 is 0 Å². The lowest BCUT2D eigenvalue weighted by molar-refractivity contribution is 0.394. The minimum Gasteiger partial charge on any atom is -0.497 e. The van der Waals surface area contributed by atoms with Crippen LogP contribution in [0.3, 0.4) is 0 Å². The minimum atomic E-state index is -3.38. The zero-order valence-corrected chi connectivity index (χ0v) is 16.6. The van der Waals surface area contributed by atoms with Crippen molar-refractivity contribution < 1.29 is 17.9 Å². The molecule has 0 aliphatic carbocycles. The predicted molar refractivity (Wildman–Crippen MR) is 104 cm³/mol. The van der Waals surface area contributed by atoms with Gasteiger partial charge < -0.3 is 9.47 Å². The van der Waals surface area contributed by atoms with Crippen LogP contribution in [0.25, 0.3) is 0 Å². The van der Waals surface area contributed by atoms with Crippen LogP contribution in [0.2, 0.25) is 0 Å². The van der Waals surface area contributed by atoms with Crippen molar-refractivity contribution in [3.63, 3.8) is 0 Å². The lowest BCUT2D eigenvalue weighted by Gasteiger charge is -2.23. The Morgan fingerprint density at radius 2 is 1.19 bits per heavy atom. The number of benzene rings is 2. The van der Waals surface area contributed by atoms with E-state index in [2.05, 4.69) is 0 Å². The molecule has 2 aromatic rings. The highest BCUT2D eigenvalue weighted by atomic mass is 32.2. The highest BCUT2D eigenvalue weighted by molar-refractivity contribution is 7.89. The van der Waals surface area contributed by atoms with Gasteiger partial charge >= 0.3 is 0 Å². The Kier molecular flexibility index (Phi) is 7.06. The van der Waals surface area contributed by atoms with Crippen LogP contribution in [0.1, 0.15) is 25.0 Å². The van der Waals surface area contributed by atoms with Gasteiger partial charge in [0.05, 0.1) is 20.0 Å². The smallest absolute Gasteiger partial charge is 0.214 e. The Labute approximate surface area is 156 Å². The summed E-state index contributed by atoms with van der Waals surface area (Å²) in [6, 6.07) is 14.9. The molecule has 6 heteroatoms. The van der Waals surface area contributed by atoms with Gasteiger partial charge in [-0.15, -0.1) is 0 Å². The number of hydrogen-bond donors (Lipinski definition) is 0. The summed E-state index contributed by atoms with van der Waals surface area (Å²) in [4.78, 5) is 0. The normalized spacial score (nSPS) is 11.8. The topological polar surface area (TPSA) is 55.8 Å². The first-order valence-corrected chi connectivity index (χ1v) is 10.2. The van der Waals surface area contributed by atoms with Crippen molar-refractivity contribution in [3.8, 4) is 11.5 Å². The van der Waals surface area contributed by atoms with Crippen molar-refractivity contribution in [3.05, 3.63) is 59.7 Å². The molecule has 0 aliphatic rings. The highest BCUT2D eigenvalue weighted by Crippen LogP contribution is 2.20. The second kappa shape index (κ2) is 9.05. The quantitative estimate of drug-likeness (QED) is 0.669. The number of sulfonamides is 1. The van der Waals surface area contributed by atoms with Crippen molar-refractivity contribution in [1.29, 1.82) is 0 Å². The molecule has 0 fully saturated rings. The summed E-state index contributed by atoms with van der Waals surface area (Å²) in [6.07, 6.45) is 0. The standard InChI is InChI=1S/C20H27NO4S/c1-16(2)15-26(22,23)21(13-17-5-9-19(24-3)10-6-17)14-18-7-11-20(25-4)12-8-18/h5-12,16H,13-15H2,1-4H3. The maximum atomic E-state index is 12.9. The zero-order chi connectivity index (χ0) is 19.2. The van der Waals surface area contributed by atoms with Crippen LogP contribution in [0.15, 0.2) is 48.5 Å². The Balaban J connectivity index is 2.24. The van der Waals surface area contributed by atoms with Gasteiger partial charge in [-0.05, 0) is 41.3 Å². The van der Waals surface area contributed by atoms with Gasteiger partial charge in [0.1, 0.15) is 11.5 Å². The number of ether oxygens (including phenoxy) is 2. The fourth-order valence-electron chi connectivity index (χ4n) is 2.65. The van der Waals surface area contributed by atoms with Gasteiger partial charge in [0.2, 0.25) is 10.0 Å². The first-order valence-electron chi connectivity index (χ1n) is 8.57. The summed E-state index contributed by atoms with van der Waals surface area (Å²) in [5, 5.41) is 0. The Morgan fingerprint density at radius 1 is 0.808 bits per heavy atom. The van der Waals surface area contributed by atoms with Crippen molar-refractivity contribution in [2.75, 3.05) is 20.0 Å². The highest BCUT2D eigenvalue weighted by Gasteiger charge is 2.24. The molecule has 142 valence electrons. The third-order valence-corrected chi connectivity index (χ3v) is 6.11. The average Bonchev–Trinajstić information content (AvgIpc) is 2.61. The molecule has 0 bridgehead atoms. The predicted octanol–water partition coefficient (Wildman–Crippen LogP) is 3.69. The van der Waals surface area contributed by atoms with E-state index in [4.69, 9.17) is 9.47 Å². The van der Waals surface area contributed by atoms with Crippen LogP contribution in [-0.4, -0.2) is 32.7 Å². The molecule has 0 saturated carbocycles. The van der Waals surface area contributed by atoms with Crippen LogP contribution in [0.5, 0.6) is 11.5 Å². The van der Waals surface area contributed by atoms with Crippen molar-refractivity contribution >= 4 is 10.0 Å². The van der Waals surface area contributed by atoms with Crippen LogP contribution < -0.4 is 9.47 Å². The summed E-state index contributed by atoms with van der Waals surface area (Å²) < 4.78 is 37.6. The SMILES string of the molecule is COc1ccc(CN(Cc2ccc(OC)cc2)S(=O)(=O)CC(C)C)cc1. The van der Waals surface area contributed by atoms with Gasteiger partial charge in [0, 0.05) is 13.1 Å². The summed E-state index contributed by atoms with van der Waals surface area (Å²) in [5.41, 5.74) is 1.85. The molecule has 5 nitrogen and oxygen atoms in total. The van der Waals surface area contributed by atoms with Crippen molar-refractivity contribution in [2.24, 2.45) is 5.92 Å². The number of methoxy groups -OCH3 is 2. The van der Waals surface area contributed by atoms with Gasteiger partial charge in [0.15, 0.2) is 0 Å². The molecule has 0 amide bonds. The number of rotatable bonds is 9. The van der Waals surface area contributed by atoms with Crippen LogP contribution in [-0.2, 0) is 23.1 Å². The largest absolute Gasteiger partial charge is 0.497 e. The molecule has 0 saturated heterocycles. The number of nitrogens with zero attached hydrogens (tertiary/aromatic N) is 1. The molecule has 2 rings (SSSR count). The van der Waals surface area contributed by atoms with Gasteiger partial charge in [-0.2, -0.15) is 4.31 Å². The van der Waals surface area contributed by atoms with Crippen LogP contribution in [0, 0.1) is 5.92 Å². The fourth-order valence-corrected chi connectivity index (χ4v) is 4.39. The van der Waals surface area contributed by atoms with Gasteiger partial charge in [0.25, 0.3) is 0 Å². The molecule has 0 N–H and O–H groups in total. The first-order chi connectivity index (χ1) is 12.3. The van der Waals surface area contributed by atoms with Gasteiger partial charge in [-0.1, -0.05) is 38.1 Å². The molecular formula is C20H27NO4S. The third-order valence-electron chi connectivity index (χ3n) is 3.97. The molecule has 0 heterocycles. The molecule has 2 aromatic carbocycles. The molecule has 0 aromatic heterocycles. The van der Waals surface area contributed by atoms with E-state index in [1.807, 2.05) is 62.4 Å². The lowest BCUT2D eigenvalue weighted by atomic mass is 10.2. The second-order valence-corrected chi connectivity index (χ2v) is 8.65. The summed E-state index contributed by atoms with van der Waals surface area (Å²) in [5.74, 6) is 1.69. The van der Waals surface area contributed by atoms with Crippen LogP contribution in [0.4, 0.5) is 0 Å². The second-order valence-electron chi connectivity index (χ2n) is 6.64. The molecule has 0 atom stereocenters. The average molecular weight is 378 g/mol. The van der Waals surface area contributed by atoms with E-state index in [0.29, 0.717) is 13.1 Å². The van der Waals surface area contributed by atoms with E-state index in [9.17, 15) is 8.42 Å². The first kappa shape index (κ1) is 20.3.